The molecular formula is C12H20ClNO2. The molecule has 1 heterocycles. The fraction of sp³-hybridized carbons (Fsp3) is 0.750. The standard InChI is InChI=1S/C12H20ClNO2/c1-9(6-12(15)16)11-4-3-5-14(8-11)7-10(2)13/h9,11H,2-8H2,1H3,(H,15,16). The molecule has 1 aliphatic heterocycles. The van der Waals surface area contributed by atoms with Gasteiger partial charge in [0.2, 0.25) is 0 Å². The number of piperidine rings is 1. The van der Waals surface area contributed by atoms with E-state index in [0.29, 0.717) is 11.0 Å². The van der Waals surface area contributed by atoms with Gasteiger partial charge in [-0.1, -0.05) is 25.1 Å². The average molecular weight is 246 g/mol. The summed E-state index contributed by atoms with van der Waals surface area (Å²) < 4.78 is 0. The number of hydrogen-bond acceptors (Lipinski definition) is 2. The number of carbonyl (C=O) groups is 1. The van der Waals surface area contributed by atoms with E-state index in [0.717, 1.165) is 32.5 Å². The number of nitrogens with zero attached hydrogens (tertiary/aromatic N) is 1. The number of hydrogen-bond donors (Lipinski definition) is 1. The van der Waals surface area contributed by atoms with Gasteiger partial charge in [0.15, 0.2) is 0 Å². The number of halogens is 1. The molecule has 0 spiro atoms. The maximum atomic E-state index is 10.7. The Morgan fingerprint density at radius 3 is 2.94 bits per heavy atom. The van der Waals surface area contributed by atoms with Gasteiger partial charge in [0.25, 0.3) is 0 Å². The van der Waals surface area contributed by atoms with Crippen molar-refractivity contribution in [2.45, 2.75) is 26.2 Å². The summed E-state index contributed by atoms with van der Waals surface area (Å²) in [6.45, 7) is 8.43. The number of likely N-dealkylation sites (tertiary alicyclic amines) is 1. The maximum absolute atomic E-state index is 10.7. The van der Waals surface area contributed by atoms with Crippen molar-refractivity contribution < 1.29 is 9.90 Å². The van der Waals surface area contributed by atoms with Crippen LogP contribution in [0.25, 0.3) is 0 Å². The Labute approximate surface area is 102 Å². The summed E-state index contributed by atoms with van der Waals surface area (Å²) in [6.07, 6.45) is 2.51. The molecule has 3 nitrogen and oxygen atoms in total. The first-order chi connectivity index (χ1) is 7.49. The summed E-state index contributed by atoms with van der Waals surface area (Å²) in [6, 6.07) is 0. The van der Waals surface area contributed by atoms with Gasteiger partial charge in [0.05, 0.1) is 0 Å². The Hall–Kier alpha value is -0.540. The lowest BCUT2D eigenvalue weighted by molar-refractivity contribution is -0.138. The molecule has 2 unspecified atom stereocenters. The van der Waals surface area contributed by atoms with Gasteiger partial charge in [-0.25, -0.2) is 0 Å². The first kappa shape index (κ1) is 13.5. The third-order valence-corrected chi connectivity index (χ3v) is 3.36. The highest BCUT2D eigenvalue weighted by molar-refractivity contribution is 6.29. The van der Waals surface area contributed by atoms with Gasteiger partial charge in [-0.15, -0.1) is 0 Å². The van der Waals surface area contributed by atoms with Gasteiger partial charge < -0.3 is 5.11 Å². The molecule has 4 heteroatoms. The molecule has 92 valence electrons. The summed E-state index contributed by atoms with van der Waals surface area (Å²) in [5, 5.41) is 9.44. The molecule has 0 radical (unpaired) electrons. The number of carboxylic acids is 1. The molecule has 1 rings (SSSR count). The van der Waals surface area contributed by atoms with Crippen LogP contribution in [-0.2, 0) is 4.79 Å². The van der Waals surface area contributed by atoms with Crippen LogP contribution < -0.4 is 0 Å². The highest BCUT2D eigenvalue weighted by Gasteiger charge is 2.25. The molecule has 1 N–H and O–H groups in total. The van der Waals surface area contributed by atoms with E-state index in [2.05, 4.69) is 11.5 Å². The summed E-state index contributed by atoms with van der Waals surface area (Å²) in [4.78, 5) is 12.9. The SMILES string of the molecule is C=C(Cl)CN1CCCC(C(C)CC(=O)O)C1. The summed E-state index contributed by atoms with van der Waals surface area (Å²) >= 11 is 5.79. The van der Waals surface area contributed by atoms with Crippen molar-refractivity contribution in [1.29, 1.82) is 0 Å². The highest BCUT2D eigenvalue weighted by atomic mass is 35.5. The zero-order chi connectivity index (χ0) is 12.1. The number of aliphatic carboxylic acids is 1. The van der Waals surface area contributed by atoms with Crippen molar-refractivity contribution >= 4 is 17.6 Å². The quantitative estimate of drug-likeness (QED) is 0.809. The lowest BCUT2D eigenvalue weighted by Gasteiger charge is -2.35. The Kier molecular flexibility index (Phi) is 5.29. The molecular weight excluding hydrogens is 226 g/mol. The van der Waals surface area contributed by atoms with E-state index >= 15 is 0 Å². The molecule has 1 saturated heterocycles. The second kappa shape index (κ2) is 6.26. The number of rotatable bonds is 5. The molecule has 1 fully saturated rings. The zero-order valence-corrected chi connectivity index (χ0v) is 10.5. The monoisotopic (exact) mass is 245 g/mol. The summed E-state index contributed by atoms with van der Waals surface area (Å²) in [7, 11) is 0. The van der Waals surface area contributed by atoms with Crippen LogP contribution in [0.2, 0.25) is 0 Å². The first-order valence-electron chi connectivity index (χ1n) is 5.76. The van der Waals surface area contributed by atoms with Crippen LogP contribution in [0.3, 0.4) is 0 Å². The molecule has 0 aliphatic carbocycles. The Morgan fingerprint density at radius 2 is 2.38 bits per heavy atom. The molecule has 0 saturated carbocycles. The normalized spacial score (nSPS) is 24.0. The second-order valence-corrected chi connectivity index (χ2v) is 5.26. The molecule has 0 amide bonds. The van der Waals surface area contributed by atoms with Crippen LogP contribution in [0.4, 0.5) is 0 Å². The van der Waals surface area contributed by atoms with Crippen LogP contribution in [0, 0.1) is 11.8 Å². The minimum atomic E-state index is -0.702. The fourth-order valence-electron chi connectivity index (χ4n) is 2.38. The van der Waals surface area contributed by atoms with Gasteiger partial charge in [-0.3, -0.25) is 9.69 Å². The van der Waals surface area contributed by atoms with Gasteiger partial charge in [0, 0.05) is 24.5 Å². The van der Waals surface area contributed by atoms with Crippen LogP contribution in [0.1, 0.15) is 26.2 Å². The van der Waals surface area contributed by atoms with E-state index < -0.39 is 5.97 Å². The van der Waals surface area contributed by atoms with E-state index in [1.54, 1.807) is 0 Å². The van der Waals surface area contributed by atoms with E-state index in [1.165, 1.54) is 0 Å². The average Bonchev–Trinajstić information content (AvgIpc) is 2.16. The van der Waals surface area contributed by atoms with Gasteiger partial charge >= 0.3 is 5.97 Å². The second-order valence-electron chi connectivity index (χ2n) is 4.73. The van der Waals surface area contributed by atoms with Crippen molar-refractivity contribution in [1.82, 2.24) is 4.90 Å². The lowest BCUT2D eigenvalue weighted by atomic mass is 9.85. The van der Waals surface area contributed by atoms with Gasteiger partial charge in [-0.2, -0.15) is 0 Å². The molecule has 2 atom stereocenters. The third kappa shape index (κ3) is 4.54. The fourth-order valence-corrected chi connectivity index (χ4v) is 2.55. The van der Waals surface area contributed by atoms with E-state index in [9.17, 15) is 4.79 Å². The minimum absolute atomic E-state index is 0.240. The number of carboxylic acid groups (broad SMARTS) is 1. The Bertz CT molecular complexity index is 254. The molecule has 0 aromatic heterocycles. The largest absolute Gasteiger partial charge is 0.481 e. The molecule has 0 aromatic rings. The minimum Gasteiger partial charge on any atom is -0.481 e. The Balaban J connectivity index is 2.43. The third-order valence-electron chi connectivity index (χ3n) is 3.24. The predicted molar refractivity (Wildman–Crippen MR) is 65.6 cm³/mol. The summed E-state index contributed by atoms with van der Waals surface area (Å²) in [5.74, 6) is 0.0103. The van der Waals surface area contributed by atoms with Crippen LogP contribution in [0.15, 0.2) is 11.6 Å². The van der Waals surface area contributed by atoms with Crippen LogP contribution in [-0.4, -0.2) is 35.6 Å². The van der Waals surface area contributed by atoms with E-state index in [4.69, 9.17) is 16.7 Å². The van der Waals surface area contributed by atoms with Crippen molar-refractivity contribution in [3.05, 3.63) is 11.6 Å². The van der Waals surface area contributed by atoms with Crippen molar-refractivity contribution in [2.75, 3.05) is 19.6 Å². The van der Waals surface area contributed by atoms with E-state index in [-0.39, 0.29) is 12.3 Å². The Morgan fingerprint density at radius 1 is 1.69 bits per heavy atom. The van der Waals surface area contributed by atoms with Crippen molar-refractivity contribution in [3.8, 4) is 0 Å². The van der Waals surface area contributed by atoms with Crippen molar-refractivity contribution in [3.63, 3.8) is 0 Å². The molecule has 0 aromatic carbocycles. The zero-order valence-electron chi connectivity index (χ0n) is 9.79. The molecule has 0 bridgehead atoms. The van der Waals surface area contributed by atoms with E-state index in [1.807, 2.05) is 6.92 Å². The highest BCUT2D eigenvalue weighted by Crippen LogP contribution is 2.26. The van der Waals surface area contributed by atoms with Crippen LogP contribution in [0.5, 0.6) is 0 Å². The maximum Gasteiger partial charge on any atom is 0.303 e. The predicted octanol–water partition coefficient (Wildman–Crippen LogP) is 2.56. The molecule has 1 aliphatic rings. The van der Waals surface area contributed by atoms with Crippen molar-refractivity contribution in [2.24, 2.45) is 11.8 Å². The lowest BCUT2D eigenvalue weighted by Crippen LogP contribution is -2.38. The summed E-state index contributed by atoms with van der Waals surface area (Å²) in [5.41, 5.74) is 0. The van der Waals surface area contributed by atoms with Gasteiger partial charge in [0.1, 0.15) is 0 Å². The topological polar surface area (TPSA) is 40.5 Å². The van der Waals surface area contributed by atoms with Crippen LogP contribution >= 0.6 is 11.6 Å². The molecule has 16 heavy (non-hydrogen) atoms. The van der Waals surface area contributed by atoms with Gasteiger partial charge in [-0.05, 0) is 31.2 Å². The first-order valence-corrected chi connectivity index (χ1v) is 6.14. The smallest absolute Gasteiger partial charge is 0.303 e.